The lowest BCUT2D eigenvalue weighted by Gasteiger charge is -2.16. The molecule has 1 N–H and O–H groups in total. The highest BCUT2D eigenvalue weighted by Gasteiger charge is 2.35. The van der Waals surface area contributed by atoms with E-state index in [0.717, 1.165) is 4.90 Å². The fourth-order valence-corrected chi connectivity index (χ4v) is 2.60. The van der Waals surface area contributed by atoms with Crippen LogP contribution in [0.1, 0.15) is 31.1 Å². The Hall–Kier alpha value is -3.22. The molecule has 1 aromatic heterocycles. The quantitative estimate of drug-likeness (QED) is 0.854. The summed E-state index contributed by atoms with van der Waals surface area (Å²) in [7, 11) is 0. The molecule has 24 heavy (non-hydrogen) atoms. The highest BCUT2D eigenvalue weighted by Crippen LogP contribution is 2.23. The molecule has 0 saturated heterocycles. The molecule has 3 rings (SSSR count). The molecule has 0 aliphatic carbocycles. The van der Waals surface area contributed by atoms with Crippen LogP contribution in [-0.4, -0.2) is 38.9 Å². The van der Waals surface area contributed by atoms with Crippen molar-refractivity contribution in [2.75, 3.05) is 6.54 Å². The van der Waals surface area contributed by atoms with Gasteiger partial charge in [0.05, 0.1) is 29.6 Å². The van der Waals surface area contributed by atoms with Gasteiger partial charge in [-0.05, 0) is 23.8 Å². The monoisotopic (exact) mass is 328 g/mol. The lowest BCUT2D eigenvalue weighted by atomic mass is 10.1. The van der Waals surface area contributed by atoms with Gasteiger partial charge in [-0.25, -0.2) is 9.18 Å². The van der Waals surface area contributed by atoms with Crippen LogP contribution in [0, 0.1) is 0 Å². The largest absolute Gasteiger partial charge is 0.478 e. The number of halogens is 1. The number of nitrogens with zero attached hydrogens (tertiary/aromatic N) is 2. The second kappa shape index (κ2) is 6.11. The molecule has 6 nitrogen and oxygen atoms in total. The fraction of sp³-hybridized carbons (Fsp3) is 0.118. The van der Waals surface area contributed by atoms with Gasteiger partial charge in [-0.3, -0.25) is 14.5 Å². The fourth-order valence-electron chi connectivity index (χ4n) is 2.60. The average molecular weight is 328 g/mol. The van der Waals surface area contributed by atoms with Crippen molar-refractivity contribution in [1.82, 2.24) is 9.47 Å². The highest BCUT2D eigenvalue weighted by atomic mass is 19.1. The number of carboxylic acids is 1. The number of carboxylic acid groups (broad SMARTS) is 1. The van der Waals surface area contributed by atoms with Crippen molar-refractivity contribution < 1.29 is 23.9 Å². The molecular weight excluding hydrogens is 315 g/mol. The van der Waals surface area contributed by atoms with E-state index in [-0.39, 0.29) is 24.2 Å². The molecule has 0 spiro atoms. The number of aromatic carboxylic acids is 1. The molecule has 0 radical (unpaired) electrons. The average Bonchev–Trinajstić information content (AvgIpc) is 3.14. The van der Waals surface area contributed by atoms with Gasteiger partial charge in [-0.2, -0.15) is 0 Å². The zero-order valence-corrected chi connectivity index (χ0v) is 12.5. The second-order valence-corrected chi connectivity index (χ2v) is 5.39. The molecule has 2 amide bonds. The Bertz CT molecular complexity index is 834. The highest BCUT2D eigenvalue weighted by molar-refractivity contribution is 6.21. The number of amides is 2. The summed E-state index contributed by atoms with van der Waals surface area (Å²) in [5, 5.41) is 8.89. The maximum Gasteiger partial charge on any atom is 0.337 e. The third-order valence-electron chi connectivity index (χ3n) is 3.78. The molecule has 1 aromatic carbocycles. The zero-order valence-electron chi connectivity index (χ0n) is 12.5. The summed E-state index contributed by atoms with van der Waals surface area (Å²) in [6.45, 7) is -0.152. The molecule has 122 valence electrons. The van der Waals surface area contributed by atoms with Crippen LogP contribution >= 0.6 is 0 Å². The van der Waals surface area contributed by atoms with Crippen LogP contribution in [-0.2, 0) is 6.54 Å². The summed E-state index contributed by atoms with van der Waals surface area (Å²) in [6, 6.07) is 7.82. The van der Waals surface area contributed by atoms with Crippen molar-refractivity contribution in [1.29, 1.82) is 0 Å². The second-order valence-electron chi connectivity index (χ2n) is 5.39. The molecule has 0 unspecified atom stereocenters. The molecule has 1 aliphatic rings. The summed E-state index contributed by atoms with van der Waals surface area (Å²) >= 11 is 0. The number of benzene rings is 1. The minimum atomic E-state index is -1.08. The van der Waals surface area contributed by atoms with E-state index < -0.39 is 17.8 Å². The van der Waals surface area contributed by atoms with Gasteiger partial charge >= 0.3 is 5.97 Å². The zero-order chi connectivity index (χ0) is 17.3. The van der Waals surface area contributed by atoms with Crippen LogP contribution < -0.4 is 0 Å². The lowest BCUT2D eigenvalue weighted by Crippen LogP contribution is -2.32. The van der Waals surface area contributed by atoms with Crippen LogP contribution in [0.3, 0.4) is 0 Å². The Morgan fingerprint density at radius 2 is 1.71 bits per heavy atom. The number of rotatable bonds is 5. The van der Waals surface area contributed by atoms with Crippen molar-refractivity contribution >= 4 is 17.8 Å². The summed E-state index contributed by atoms with van der Waals surface area (Å²) in [5.41, 5.74) is 0.857. The van der Waals surface area contributed by atoms with Gasteiger partial charge in [0.2, 0.25) is 0 Å². The van der Waals surface area contributed by atoms with E-state index in [9.17, 15) is 18.8 Å². The van der Waals surface area contributed by atoms with Crippen molar-refractivity contribution in [3.63, 3.8) is 0 Å². The van der Waals surface area contributed by atoms with Gasteiger partial charge in [0.25, 0.3) is 11.8 Å². The van der Waals surface area contributed by atoms with Crippen molar-refractivity contribution in [2.45, 2.75) is 6.54 Å². The summed E-state index contributed by atoms with van der Waals surface area (Å²) < 4.78 is 14.7. The van der Waals surface area contributed by atoms with Crippen molar-refractivity contribution in [3.8, 4) is 0 Å². The van der Waals surface area contributed by atoms with E-state index in [2.05, 4.69) is 0 Å². The topological polar surface area (TPSA) is 79.6 Å². The van der Waals surface area contributed by atoms with E-state index in [0.29, 0.717) is 17.5 Å². The van der Waals surface area contributed by atoms with E-state index in [1.807, 2.05) is 0 Å². The van der Waals surface area contributed by atoms with Crippen LogP contribution in [0.4, 0.5) is 4.39 Å². The molecule has 0 saturated carbocycles. The molecule has 0 atom stereocenters. The smallest absolute Gasteiger partial charge is 0.337 e. The molecular formula is C17H13FN2O4. The summed E-state index contributed by atoms with van der Waals surface area (Å²) in [6.07, 6.45) is 3.19. The predicted octanol–water partition coefficient (Wildman–Crippen LogP) is 2.34. The van der Waals surface area contributed by atoms with Crippen LogP contribution in [0.5, 0.6) is 0 Å². The number of imide groups is 1. The normalized spacial score (nSPS) is 14.2. The van der Waals surface area contributed by atoms with E-state index in [1.54, 1.807) is 24.3 Å². The molecule has 1 aliphatic heterocycles. The Balaban J connectivity index is 1.76. The predicted molar refractivity (Wildman–Crippen MR) is 82.4 cm³/mol. The minimum absolute atomic E-state index is 0.0389. The maximum atomic E-state index is 13.2. The molecule has 2 heterocycles. The number of hydrogen-bond acceptors (Lipinski definition) is 3. The van der Waals surface area contributed by atoms with Gasteiger partial charge in [0.15, 0.2) is 0 Å². The standard InChI is InChI=1S/C17H13FN2O4/c18-7-11(8-19-6-5-12(10-19)17(23)24)9-20-15(21)13-3-1-2-4-14(13)16(20)22/h1-7,10H,8-9H2,(H,23,24). The summed E-state index contributed by atoms with van der Waals surface area (Å²) in [5.74, 6) is -2.01. The Labute approximate surface area is 136 Å². The number of hydrogen-bond donors (Lipinski definition) is 1. The molecule has 0 fully saturated rings. The first kappa shape index (κ1) is 15.7. The first-order valence-corrected chi connectivity index (χ1v) is 7.13. The van der Waals surface area contributed by atoms with Crippen molar-refractivity contribution in [2.24, 2.45) is 0 Å². The number of carbonyl (C=O) groups is 3. The van der Waals surface area contributed by atoms with Crippen LogP contribution in [0.2, 0.25) is 0 Å². The first-order valence-electron chi connectivity index (χ1n) is 7.13. The van der Waals surface area contributed by atoms with Crippen molar-refractivity contribution in [3.05, 3.63) is 71.3 Å². The third kappa shape index (κ3) is 2.71. The van der Waals surface area contributed by atoms with Gasteiger partial charge in [-0.15, -0.1) is 0 Å². The van der Waals surface area contributed by atoms with E-state index >= 15 is 0 Å². The van der Waals surface area contributed by atoms with Gasteiger partial charge in [0.1, 0.15) is 0 Å². The van der Waals surface area contributed by atoms with Gasteiger partial charge < -0.3 is 9.67 Å². The Morgan fingerprint density at radius 3 is 2.21 bits per heavy atom. The molecule has 0 bridgehead atoms. The minimum Gasteiger partial charge on any atom is -0.478 e. The van der Waals surface area contributed by atoms with E-state index in [1.165, 1.54) is 23.0 Å². The number of carbonyl (C=O) groups excluding carboxylic acids is 2. The number of fused-ring (bicyclic) bond motifs is 1. The van der Waals surface area contributed by atoms with Crippen LogP contribution in [0.25, 0.3) is 0 Å². The van der Waals surface area contributed by atoms with E-state index in [4.69, 9.17) is 5.11 Å². The molecule has 7 heteroatoms. The molecule has 2 aromatic rings. The SMILES string of the molecule is O=C(O)c1ccn(CC(=CF)CN2C(=O)c3ccccc3C2=O)c1. The lowest BCUT2D eigenvalue weighted by molar-refractivity contribution is 0.0662. The number of aromatic nitrogens is 1. The van der Waals surface area contributed by atoms with Crippen LogP contribution in [0.15, 0.2) is 54.6 Å². The summed E-state index contributed by atoms with van der Waals surface area (Å²) in [4.78, 5) is 36.4. The Kier molecular flexibility index (Phi) is 3.99. The van der Waals surface area contributed by atoms with Gasteiger partial charge in [-0.1, -0.05) is 12.1 Å². The third-order valence-corrected chi connectivity index (χ3v) is 3.78. The van der Waals surface area contributed by atoms with Gasteiger partial charge in [0, 0.05) is 18.9 Å². The maximum absolute atomic E-state index is 13.2. The Morgan fingerprint density at radius 1 is 1.08 bits per heavy atom. The first-order chi connectivity index (χ1) is 11.5.